The molecular weight excluding hydrogens is 243 g/mol. The molecule has 0 aliphatic carbocycles. The summed E-state index contributed by atoms with van der Waals surface area (Å²) in [6, 6.07) is 3.75. The van der Waals surface area contributed by atoms with E-state index in [2.05, 4.69) is 20.9 Å². The SMILES string of the molecule is [B]C(C)(O)c1cn2ccc(Br)cc2n1. The number of rotatable bonds is 1. The number of hydrogen-bond acceptors (Lipinski definition) is 2. The summed E-state index contributed by atoms with van der Waals surface area (Å²) in [5.74, 6) is 0. The maximum Gasteiger partial charge on any atom is 0.138 e. The quantitative estimate of drug-likeness (QED) is 0.778. The number of halogens is 1. The molecule has 14 heavy (non-hydrogen) atoms. The molecule has 0 saturated carbocycles. The van der Waals surface area contributed by atoms with Crippen LogP contribution in [0.4, 0.5) is 0 Å². The van der Waals surface area contributed by atoms with Gasteiger partial charge in [-0.05, 0) is 19.1 Å². The molecule has 0 aromatic carbocycles. The zero-order valence-electron chi connectivity index (χ0n) is 7.61. The van der Waals surface area contributed by atoms with Crippen molar-refractivity contribution < 1.29 is 5.11 Å². The molecule has 2 aromatic heterocycles. The smallest absolute Gasteiger partial charge is 0.138 e. The molecule has 0 saturated heterocycles. The van der Waals surface area contributed by atoms with Gasteiger partial charge in [-0.25, -0.2) is 4.98 Å². The minimum absolute atomic E-state index is 0.454. The summed E-state index contributed by atoms with van der Waals surface area (Å²) in [5, 5.41) is 9.55. The summed E-state index contributed by atoms with van der Waals surface area (Å²) in [7, 11) is 5.53. The van der Waals surface area contributed by atoms with Crippen LogP contribution in [0.25, 0.3) is 5.65 Å². The average Bonchev–Trinajstić information content (AvgIpc) is 2.45. The van der Waals surface area contributed by atoms with Gasteiger partial charge in [0.25, 0.3) is 0 Å². The molecule has 70 valence electrons. The lowest BCUT2D eigenvalue weighted by atomic mass is 9.81. The van der Waals surface area contributed by atoms with E-state index in [4.69, 9.17) is 7.85 Å². The van der Waals surface area contributed by atoms with E-state index in [0.29, 0.717) is 5.69 Å². The Balaban J connectivity index is 2.63. The summed E-state index contributed by atoms with van der Waals surface area (Å²) >= 11 is 3.35. The van der Waals surface area contributed by atoms with Crippen LogP contribution in [0.1, 0.15) is 12.6 Å². The standard InChI is InChI=1S/C9H8BBrN2O/c1-9(10,14)7-5-13-3-2-6(11)4-8(13)12-7/h2-5,14H,1H3. The van der Waals surface area contributed by atoms with Gasteiger partial charge in [-0.15, -0.1) is 0 Å². The zero-order valence-corrected chi connectivity index (χ0v) is 9.19. The van der Waals surface area contributed by atoms with Crippen LogP contribution in [-0.2, 0) is 5.50 Å². The molecule has 2 heterocycles. The normalized spacial score (nSPS) is 15.6. The molecular formula is C9H8BBrN2O. The Morgan fingerprint density at radius 2 is 2.36 bits per heavy atom. The van der Waals surface area contributed by atoms with Gasteiger partial charge < -0.3 is 9.51 Å². The maximum absolute atomic E-state index is 9.55. The highest BCUT2D eigenvalue weighted by Crippen LogP contribution is 2.18. The first-order valence-corrected chi connectivity index (χ1v) is 4.92. The molecule has 0 aliphatic heterocycles. The lowest BCUT2D eigenvalue weighted by Crippen LogP contribution is -2.21. The molecule has 2 aromatic rings. The van der Waals surface area contributed by atoms with Crippen molar-refractivity contribution >= 4 is 29.4 Å². The van der Waals surface area contributed by atoms with Crippen molar-refractivity contribution in [3.05, 3.63) is 34.7 Å². The molecule has 2 radical (unpaired) electrons. The number of aliphatic hydroxyl groups is 1. The van der Waals surface area contributed by atoms with E-state index < -0.39 is 5.50 Å². The van der Waals surface area contributed by atoms with Gasteiger partial charge in [-0.1, -0.05) is 15.9 Å². The number of pyridine rings is 1. The third-order valence-electron chi connectivity index (χ3n) is 1.94. The number of imidazole rings is 1. The summed E-state index contributed by atoms with van der Waals surface area (Å²) in [6.07, 6.45) is 3.56. The van der Waals surface area contributed by atoms with Gasteiger partial charge in [-0.3, -0.25) is 0 Å². The van der Waals surface area contributed by atoms with Crippen LogP contribution >= 0.6 is 15.9 Å². The molecule has 2 rings (SSSR count). The van der Waals surface area contributed by atoms with Gasteiger partial charge in [0, 0.05) is 16.9 Å². The summed E-state index contributed by atoms with van der Waals surface area (Å²) in [6.45, 7) is 1.50. The van der Waals surface area contributed by atoms with Crippen LogP contribution < -0.4 is 0 Å². The zero-order chi connectivity index (χ0) is 10.3. The third-order valence-corrected chi connectivity index (χ3v) is 2.43. The van der Waals surface area contributed by atoms with Crippen molar-refractivity contribution in [2.45, 2.75) is 12.4 Å². The average molecular weight is 251 g/mol. The van der Waals surface area contributed by atoms with Crippen LogP contribution in [0.15, 0.2) is 29.0 Å². The molecule has 0 aliphatic rings. The lowest BCUT2D eigenvalue weighted by Gasteiger charge is -2.13. The molecule has 1 atom stereocenters. The molecule has 1 N–H and O–H groups in total. The Morgan fingerprint density at radius 1 is 1.64 bits per heavy atom. The minimum atomic E-state index is -1.39. The fraction of sp³-hybridized carbons (Fsp3) is 0.222. The fourth-order valence-corrected chi connectivity index (χ4v) is 1.52. The molecule has 0 bridgehead atoms. The molecule has 5 heteroatoms. The van der Waals surface area contributed by atoms with E-state index in [9.17, 15) is 5.11 Å². The Hall–Kier alpha value is -0.805. The topological polar surface area (TPSA) is 37.5 Å². The summed E-state index contributed by atoms with van der Waals surface area (Å²) in [5.41, 5.74) is -0.186. The van der Waals surface area contributed by atoms with E-state index in [-0.39, 0.29) is 0 Å². The van der Waals surface area contributed by atoms with Crippen molar-refractivity contribution in [2.75, 3.05) is 0 Å². The van der Waals surface area contributed by atoms with Crippen molar-refractivity contribution in [1.29, 1.82) is 0 Å². The predicted octanol–water partition coefficient (Wildman–Crippen LogP) is 1.43. The van der Waals surface area contributed by atoms with E-state index in [1.54, 1.807) is 10.6 Å². The second kappa shape index (κ2) is 3.10. The Labute approximate surface area is 91.3 Å². The van der Waals surface area contributed by atoms with Crippen LogP contribution in [0, 0.1) is 0 Å². The number of fused-ring (bicyclic) bond motifs is 1. The van der Waals surface area contributed by atoms with Crippen LogP contribution in [0.2, 0.25) is 0 Å². The molecule has 3 nitrogen and oxygen atoms in total. The van der Waals surface area contributed by atoms with Gasteiger partial charge in [0.2, 0.25) is 0 Å². The first-order valence-electron chi connectivity index (χ1n) is 4.13. The van der Waals surface area contributed by atoms with E-state index in [0.717, 1.165) is 10.1 Å². The molecule has 0 fully saturated rings. The predicted molar refractivity (Wildman–Crippen MR) is 58.2 cm³/mol. The van der Waals surface area contributed by atoms with Gasteiger partial charge in [0.15, 0.2) is 0 Å². The van der Waals surface area contributed by atoms with Crippen molar-refractivity contribution in [1.82, 2.24) is 9.38 Å². The molecule has 1 unspecified atom stereocenters. The van der Waals surface area contributed by atoms with Gasteiger partial charge in [0.05, 0.1) is 11.2 Å². The van der Waals surface area contributed by atoms with E-state index in [1.165, 1.54) is 6.92 Å². The van der Waals surface area contributed by atoms with Crippen LogP contribution in [0.5, 0.6) is 0 Å². The monoisotopic (exact) mass is 250 g/mol. The summed E-state index contributed by atoms with van der Waals surface area (Å²) < 4.78 is 2.75. The maximum atomic E-state index is 9.55. The largest absolute Gasteiger partial charge is 0.394 e. The Morgan fingerprint density at radius 3 is 3.00 bits per heavy atom. The van der Waals surface area contributed by atoms with Crippen molar-refractivity contribution in [3.63, 3.8) is 0 Å². The second-order valence-corrected chi connectivity index (χ2v) is 4.30. The summed E-state index contributed by atoms with van der Waals surface area (Å²) in [4.78, 5) is 4.20. The van der Waals surface area contributed by atoms with Crippen molar-refractivity contribution in [3.8, 4) is 0 Å². The second-order valence-electron chi connectivity index (χ2n) is 3.38. The first-order chi connectivity index (χ1) is 6.47. The van der Waals surface area contributed by atoms with Gasteiger partial charge in [0.1, 0.15) is 13.5 Å². The highest BCUT2D eigenvalue weighted by molar-refractivity contribution is 9.10. The van der Waals surface area contributed by atoms with E-state index >= 15 is 0 Å². The van der Waals surface area contributed by atoms with Gasteiger partial charge in [-0.2, -0.15) is 0 Å². The van der Waals surface area contributed by atoms with Crippen LogP contribution in [-0.4, -0.2) is 22.3 Å². The Kier molecular flexibility index (Phi) is 2.16. The number of aromatic nitrogens is 2. The lowest BCUT2D eigenvalue weighted by molar-refractivity contribution is 0.145. The number of hydrogen-bond donors (Lipinski definition) is 1. The number of nitrogens with zero attached hydrogens (tertiary/aromatic N) is 2. The first kappa shape index (κ1) is 9.74. The highest BCUT2D eigenvalue weighted by atomic mass is 79.9. The molecule has 0 amide bonds. The third kappa shape index (κ3) is 1.70. The Bertz CT molecular complexity index is 475. The molecule has 0 spiro atoms. The van der Waals surface area contributed by atoms with E-state index in [1.807, 2.05) is 18.3 Å². The van der Waals surface area contributed by atoms with Crippen LogP contribution in [0.3, 0.4) is 0 Å². The van der Waals surface area contributed by atoms with Crippen molar-refractivity contribution in [2.24, 2.45) is 0 Å². The van der Waals surface area contributed by atoms with Gasteiger partial charge >= 0.3 is 0 Å². The minimum Gasteiger partial charge on any atom is -0.394 e. The highest BCUT2D eigenvalue weighted by Gasteiger charge is 2.18. The fourth-order valence-electron chi connectivity index (χ4n) is 1.20.